The summed E-state index contributed by atoms with van der Waals surface area (Å²) >= 11 is 0. The number of hydrogen-bond donors (Lipinski definition) is 1. The lowest BCUT2D eigenvalue weighted by atomic mass is 9.99. The number of likely N-dealkylation sites (tertiary alicyclic amines) is 1. The van der Waals surface area contributed by atoms with Gasteiger partial charge >= 0.3 is 18.3 Å². The molecule has 1 aliphatic rings. The molecule has 1 N–H and O–H groups in total. The molecule has 0 aromatic carbocycles. The van der Waals surface area contributed by atoms with Crippen molar-refractivity contribution in [1.82, 2.24) is 9.88 Å². The number of hydrogen-bond acceptors (Lipinski definition) is 7. The van der Waals surface area contributed by atoms with E-state index in [2.05, 4.69) is 38.8 Å². The van der Waals surface area contributed by atoms with Crippen LogP contribution < -0.4 is 4.90 Å². The molecule has 1 aromatic heterocycles. The molecule has 2 atom stereocenters. The van der Waals surface area contributed by atoms with Crippen LogP contribution in [0.3, 0.4) is 0 Å². The minimum absolute atomic E-state index is 0.0374. The highest BCUT2D eigenvalue weighted by atomic mass is 28.4. The van der Waals surface area contributed by atoms with Gasteiger partial charge in [0.25, 0.3) is 0 Å². The number of amides is 3. The van der Waals surface area contributed by atoms with Gasteiger partial charge in [-0.05, 0) is 90.7 Å². The van der Waals surface area contributed by atoms with E-state index in [0.717, 1.165) is 10.5 Å². The second kappa shape index (κ2) is 11.4. The number of carbonyl (C=O) groups excluding carboxylic acids is 2. The predicted octanol–water partition coefficient (Wildman–Crippen LogP) is 6.61. The molecular weight excluding hydrogens is 518 g/mol. The lowest BCUT2D eigenvalue weighted by Crippen LogP contribution is -2.46. The zero-order valence-electron chi connectivity index (χ0n) is 25.7. The summed E-state index contributed by atoms with van der Waals surface area (Å²) in [5.41, 5.74) is -0.296. The van der Waals surface area contributed by atoms with Crippen molar-refractivity contribution in [3.63, 3.8) is 0 Å². The molecule has 1 aromatic rings. The molecule has 1 fully saturated rings. The molecule has 11 heteroatoms. The Morgan fingerprint density at radius 1 is 0.974 bits per heavy atom. The van der Waals surface area contributed by atoms with Crippen molar-refractivity contribution in [3.8, 4) is 0 Å². The molecule has 3 amide bonds. The lowest BCUT2D eigenvalue weighted by molar-refractivity contribution is 0.0428. The maximum absolute atomic E-state index is 13.1. The first-order valence-electron chi connectivity index (χ1n) is 13.4. The molecule has 39 heavy (non-hydrogen) atoms. The zero-order chi connectivity index (χ0) is 30.1. The molecule has 0 radical (unpaired) electrons. The van der Waals surface area contributed by atoms with Gasteiger partial charge in [-0.3, -0.25) is 0 Å². The van der Waals surface area contributed by atoms with Gasteiger partial charge in [-0.2, -0.15) is 4.90 Å². The third-order valence-corrected chi connectivity index (χ3v) is 11.3. The van der Waals surface area contributed by atoms with Crippen molar-refractivity contribution in [2.75, 3.05) is 18.0 Å². The van der Waals surface area contributed by atoms with E-state index in [4.69, 9.17) is 13.9 Å². The topological polar surface area (TPSA) is 119 Å². The number of carbonyl (C=O) groups is 3. The second-order valence-electron chi connectivity index (χ2n) is 13.9. The first-order valence-corrected chi connectivity index (χ1v) is 16.3. The van der Waals surface area contributed by atoms with E-state index in [9.17, 15) is 19.5 Å². The Balaban J connectivity index is 2.45. The van der Waals surface area contributed by atoms with E-state index in [-0.39, 0.29) is 29.4 Å². The van der Waals surface area contributed by atoms with Gasteiger partial charge in [0.05, 0.1) is 6.10 Å². The fraction of sp³-hybridized carbons (Fsp3) is 0.714. The standard InChI is InChI=1S/C28H47N3O7Si/c1-18-13-20(15-19-16-30(23(32)33)17-21(19)38-39(11,12)28(8,9)10)29-22(14-18)31(24(34)36-26(2,3)4)25(35)37-27(5,6)7/h13-14,19,21H,15-17H2,1-12H3,(H,32,33). The molecule has 0 saturated carbocycles. The lowest BCUT2D eigenvalue weighted by Gasteiger charge is -2.39. The molecule has 220 valence electrons. The number of aromatic nitrogens is 1. The monoisotopic (exact) mass is 565 g/mol. The second-order valence-corrected chi connectivity index (χ2v) is 18.6. The zero-order valence-corrected chi connectivity index (χ0v) is 26.7. The molecule has 2 rings (SSSR count). The normalized spacial score (nSPS) is 18.6. The van der Waals surface area contributed by atoms with Crippen LogP contribution in [-0.4, -0.2) is 72.0 Å². The van der Waals surface area contributed by atoms with Crippen molar-refractivity contribution in [3.05, 3.63) is 23.4 Å². The third kappa shape index (κ3) is 9.20. The van der Waals surface area contributed by atoms with E-state index >= 15 is 0 Å². The van der Waals surface area contributed by atoms with Crippen LogP contribution in [0.4, 0.5) is 20.2 Å². The average molecular weight is 566 g/mol. The fourth-order valence-corrected chi connectivity index (χ4v) is 5.34. The summed E-state index contributed by atoms with van der Waals surface area (Å²) in [6, 6.07) is 3.50. The Kier molecular flexibility index (Phi) is 9.55. The average Bonchev–Trinajstić information content (AvgIpc) is 3.05. The molecule has 0 spiro atoms. The SMILES string of the molecule is Cc1cc(CC2CN(C(=O)O)CC2O[Si](C)(C)C(C)(C)C)nc(N(C(=O)OC(C)(C)C)C(=O)OC(C)(C)C)c1. The molecule has 2 heterocycles. The van der Waals surface area contributed by atoms with E-state index in [1.54, 1.807) is 47.6 Å². The van der Waals surface area contributed by atoms with E-state index in [1.165, 1.54) is 4.90 Å². The largest absolute Gasteiger partial charge is 0.465 e. The minimum atomic E-state index is -2.18. The van der Waals surface area contributed by atoms with Crippen LogP contribution in [0.5, 0.6) is 0 Å². The summed E-state index contributed by atoms with van der Waals surface area (Å²) in [5.74, 6) is -0.0580. The van der Waals surface area contributed by atoms with E-state index in [1.807, 2.05) is 13.0 Å². The Hall–Kier alpha value is -2.66. The smallest absolute Gasteiger partial charge is 0.425 e. The maximum Gasteiger partial charge on any atom is 0.425 e. The van der Waals surface area contributed by atoms with Gasteiger partial charge in [0.2, 0.25) is 0 Å². The summed E-state index contributed by atoms with van der Waals surface area (Å²) in [4.78, 5) is 45.0. The summed E-state index contributed by atoms with van der Waals surface area (Å²) in [6.07, 6.45) is -2.65. The molecule has 1 aliphatic heterocycles. The highest BCUT2D eigenvalue weighted by Gasteiger charge is 2.44. The third-order valence-electron chi connectivity index (χ3n) is 6.77. The fourth-order valence-electron chi connectivity index (χ4n) is 3.97. The van der Waals surface area contributed by atoms with Crippen molar-refractivity contribution in [1.29, 1.82) is 0 Å². The van der Waals surface area contributed by atoms with Gasteiger partial charge in [0.15, 0.2) is 8.32 Å². The van der Waals surface area contributed by atoms with Crippen LogP contribution in [0.1, 0.15) is 73.6 Å². The highest BCUT2D eigenvalue weighted by Crippen LogP contribution is 2.39. The van der Waals surface area contributed by atoms with Gasteiger partial charge in [-0.1, -0.05) is 20.8 Å². The van der Waals surface area contributed by atoms with Crippen molar-refractivity contribution in [2.45, 2.75) is 111 Å². The van der Waals surface area contributed by atoms with E-state index < -0.39 is 37.8 Å². The Morgan fingerprint density at radius 2 is 1.49 bits per heavy atom. The summed E-state index contributed by atoms with van der Waals surface area (Å²) in [7, 11) is -2.18. The van der Waals surface area contributed by atoms with Gasteiger partial charge in [0, 0.05) is 24.7 Å². The van der Waals surface area contributed by atoms with Gasteiger partial charge in [-0.15, -0.1) is 0 Å². The van der Waals surface area contributed by atoms with Crippen LogP contribution in [-0.2, 0) is 20.3 Å². The van der Waals surface area contributed by atoms with E-state index in [0.29, 0.717) is 18.7 Å². The number of pyridine rings is 1. The van der Waals surface area contributed by atoms with Crippen molar-refractivity contribution < 1.29 is 33.4 Å². The summed E-state index contributed by atoms with van der Waals surface area (Å²) in [5, 5.41) is 9.66. The number of nitrogens with zero attached hydrogens (tertiary/aromatic N) is 3. The van der Waals surface area contributed by atoms with Crippen LogP contribution in [0, 0.1) is 12.8 Å². The Labute approximate surface area is 234 Å². The van der Waals surface area contributed by atoms with Crippen molar-refractivity contribution >= 4 is 32.4 Å². The van der Waals surface area contributed by atoms with Crippen LogP contribution in [0.15, 0.2) is 12.1 Å². The quantitative estimate of drug-likeness (QED) is 0.396. The number of rotatable bonds is 5. The highest BCUT2D eigenvalue weighted by molar-refractivity contribution is 6.74. The van der Waals surface area contributed by atoms with Gasteiger partial charge < -0.3 is 23.9 Å². The number of carboxylic acid groups (broad SMARTS) is 1. The number of anilines is 1. The van der Waals surface area contributed by atoms with Crippen LogP contribution >= 0.6 is 0 Å². The molecule has 2 unspecified atom stereocenters. The van der Waals surface area contributed by atoms with Crippen LogP contribution in [0.2, 0.25) is 18.1 Å². The number of imide groups is 1. The Bertz CT molecular complexity index is 1040. The molecule has 10 nitrogen and oxygen atoms in total. The molecule has 1 saturated heterocycles. The maximum atomic E-state index is 13.1. The molecule has 0 bridgehead atoms. The first-order chi connectivity index (χ1) is 17.5. The summed E-state index contributed by atoms with van der Waals surface area (Å²) in [6.45, 7) is 23.5. The summed E-state index contributed by atoms with van der Waals surface area (Å²) < 4.78 is 17.7. The number of ether oxygens (including phenoxy) is 2. The number of aryl methyl sites for hydroxylation is 1. The van der Waals surface area contributed by atoms with Crippen LogP contribution in [0.25, 0.3) is 0 Å². The van der Waals surface area contributed by atoms with Gasteiger partial charge in [0.1, 0.15) is 17.0 Å². The molecule has 0 aliphatic carbocycles. The Morgan fingerprint density at radius 3 is 1.92 bits per heavy atom. The van der Waals surface area contributed by atoms with Gasteiger partial charge in [-0.25, -0.2) is 19.4 Å². The minimum Gasteiger partial charge on any atom is -0.465 e. The predicted molar refractivity (Wildman–Crippen MR) is 153 cm³/mol. The molecular formula is C28H47N3O7Si. The van der Waals surface area contributed by atoms with Crippen molar-refractivity contribution in [2.24, 2.45) is 5.92 Å². The first kappa shape index (κ1) is 32.5.